The summed E-state index contributed by atoms with van der Waals surface area (Å²) in [5.74, 6) is -0.288. The van der Waals surface area contributed by atoms with Crippen LogP contribution in [0.3, 0.4) is 0 Å². The molecule has 1 aromatic carbocycles. The highest BCUT2D eigenvalue weighted by Gasteiger charge is 2.06. The summed E-state index contributed by atoms with van der Waals surface area (Å²) < 4.78 is 5.18. The molecule has 0 amide bonds. The number of rotatable bonds is 4. The Morgan fingerprint density at radius 3 is 2.05 bits per heavy atom. The van der Waals surface area contributed by atoms with Crippen LogP contribution in [0.4, 0.5) is 0 Å². The summed E-state index contributed by atoms with van der Waals surface area (Å²) >= 11 is 0. The molecule has 0 aliphatic carbocycles. The zero-order valence-electron chi connectivity index (χ0n) is 13.6. The van der Waals surface area contributed by atoms with Gasteiger partial charge in [0.2, 0.25) is 0 Å². The number of allylic oxidation sites excluding steroid dienone is 2. The predicted octanol–water partition coefficient (Wildman–Crippen LogP) is 5.30. The molecule has 0 unspecified atom stereocenters. The third-order valence-corrected chi connectivity index (χ3v) is 2.11. The summed E-state index contributed by atoms with van der Waals surface area (Å²) in [4.78, 5) is 11.6. The molecule has 0 fully saturated rings. The topological polar surface area (TPSA) is 26.3 Å². The number of ether oxygens (including phenoxy) is 1. The maximum atomic E-state index is 11.6. The van der Waals surface area contributed by atoms with E-state index < -0.39 is 0 Å². The average Bonchev–Trinajstić information content (AvgIpc) is 2.55. The van der Waals surface area contributed by atoms with E-state index in [-0.39, 0.29) is 5.97 Å². The molecule has 0 bridgehead atoms. The molecule has 2 nitrogen and oxygen atoms in total. The van der Waals surface area contributed by atoms with Crippen LogP contribution in [-0.4, -0.2) is 5.97 Å². The molecule has 112 valence electrons. The molecule has 1 rings (SSSR count). The molecule has 20 heavy (non-hydrogen) atoms. The number of esters is 1. The van der Waals surface area contributed by atoms with E-state index in [1.165, 1.54) is 0 Å². The highest BCUT2D eigenvalue weighted by atomic mass is 16.5. The van der Waals surface area contributed by atoms with E-state index in [0.29, 0.717) is 12.2 Å². The minimum absolute atomic E-state index is 0.288. The van der Waals surface area contributed by atoms with Crippen molar-refractivity contribution in [3.05, 3.63) is 59.7 Å². The van der Waals surface area contributed by atoms with Crippen LogP contribution in [0.1, 0.15) is 47.1 Å². The first-order valence-corrected chi connectivity index (χ1v) is 7.28. The van der Waals surface area contributed by atoms with Gasteiger partial charge in [-0.3, -0.25) is 0 Å². The smallest absolute Gasteiger partial charge is 0.338 e. The highest BCUT2D eigenvalue weighted by Crippen LogP contribution is 2.05. The molecule has 0 N–H and O–H groups in total. The van der Waals surface area contributed by atoms with Crippen LogP contribution in [0.2, 0.25) is 0 Å². The molecule has 1 aromatic rings. The summed E-state index contributed by atoms with van der Waals surface area (Å²) in [6.45, 7) is 12.0. The van der Waals surface area contributed by atoms with Gasteiger partial charge in [0.05, 0.1) is 5.57 Å². The second-order valence-corrected chi connectivity index (χ2v) is 3.31. The molecular weight excluding hydrogens is 248 g/mol. The van der Waals surface area contributed by atoms with Crippen LogP contribution in [-0.2, 0) is 16.1 Å². The summed E-state index contributed by atoms with van der Waals surface area (Å²) in [7, 11) is 0. The van der Waals surface area contributed by atoms with Crippen molar-refractivity contribution in [2.24, 2.45) is 0 Å². The van der Waals surface area contributed by atoms with Crippen LogP contribution in [0.5, 0.6) is 0 Å². The van der Waals surface area contributed by atoms with Crippen LogP contribution in [0.25, 0.3) is 0 Å². The van der Waals surface area contributed by atoms with Crippen molar-refractivity contribution in [2.45, 2.75) is 48.1 Å². The van der Waals surface area contributed by atoms with Crippen molar-refractivity contribution in [1.82, 2.24) is 0 Å². The summed E-state index contributed by atoms with van der Waals surface area (Å²) in [5.41, 5.74) is 1.57. The largest absolute Gasteiger partial charge is 0.457 e. The molecule has 0 aromatic heterocycles. The second kappa shape index (κ2) is 15.2. The highest BCUT2D eigenvalue weighted by molar-refractivity contribution is 5.91. The number of hydrogen-bond donors (Lipinski definition) is 0. The molecule has 0 aliphatic heterocycles. The zero-order chi connectivity index (χ0) is 15.8. The van der Waals surface area contributed by atoms with Crippen LogP contribution in [0, 0.1) is 0 Å². The van der Waals surface area contributed by atoms with Gasteiger partial charge in [-0.05, 0) is 19.4 Å². The van der Waals surface area contributed by atoms with Gasteiger partial charge in [0.15, 0.2) is 0 Å². The molecule has 0 heterocycles. The summed E-state index contributed by atoms with van der Waals surface area (Å²) in [6.07, 6.45) is 5.31. The van der Waals surface area contributed by atoms with E-state index >= 15 is 0 Å². The van der Waals surface area contributed by atoms with Gasteiger partial charge in [-0.25, -0.2) is 4.79 Å². The third-order valence-electron chi connectivity index (χ3n) is 2.11. The van der Waals surface area contributed by atoms with Crippen molar-refractivity contribution < 1.29 is 9.53 Å². The van der Waals surface area contributed by atoms with E-state index in [1.807, 2.05) is 78.0 Å². The molecule has 0 atom stereocenters. The molecular formula is C18H28O2. The minimum atomic E-state index is -0.288. The van der Waals surface area contributed by atoms with Crippen LogP contribution >= 0.6 is 0 Å². The number of hydrogen-bond acceptors (Lipinski definition) is 2. The molecule has 0 saturated heterocycles. The van der Waals surface area contributed by atoms with Gasteiger partial charge in [-0.15, -0.1) is 0 Å². The van der Waals surface area contributed by atoms with Crippen LogP contribution in [0.15, 0.2) is 54.1 Å². The SMILES string of the molecule is C/C=C\C(=C/C)C(=O)OCc1ccccc1.CC.CC. The van der Waals surface area contributed by atoms with Gasteiger partial charge in [0.25, 0.3) is 0 Å². The lowest BCUT2D eigenvalue weighted by Gasteiger charge is -2.04. The Morgan fingerprint density at radius 2 is 1.60 bits per heavy atom. The second-order valence-electron chi connectivity index (χ2n) is 3.31. The van der Waals surface area contributed by atoms with E-state index in [1.54, 1.807) is 12.2 Å². The number of benzene rings is 1. The summed E-state index contributed by atoms with van der Waals surface area (Å²) in [6, 6.07) is 9.64. The average molecular weight is 276 g/mol. The van der Waals surface area contributed by atoms with E-state index in [0.717, 1.165) is 5.56 Å². The van der Waals surface area contributed by atoms with Gasteiger partial charge in [-0.2, -0.15) is 0 Å². The first-order valence-electron chi connectivity index (χ1n) is 7.28. The maximum absolute atomic E-state index is 11.6. The third kappa shape index (κ3) is 9.15. The standard InChI is InChI=1S/C14H16O2.2C2H6/c1-3-8-13(4-2)14(15)16-11-12-9-6-5-7-10-12;2*1-2/h3-10H,11H2,1-2H3;2*1-2H3/b8-3-,13-4+;;. The number of carbonyl (C=O) groups is 1. The predicted molar refractivity (Wildman–Crippen MR) is 87.5 cm³/mol. The quantitative estimate of drug-likeness (QED) is 0.423. The fourth-order valence-corrected chi connectivity index (χ4v) is 1.27. The summed E-state index contributed by atoms with van der Waals surface area (Å²) in [5, 5.41) is 0. The Balaban J connectivity index is 0. The van der Waals surface area contributed by atoms with Gasteiger partial charge in [0, 0.05) is 0 Å². The van der Waals surface area contributed by atoms with E-state index in [4.69, 9.17) is 4.74 Å². The Hall–Kier alpha value is -1.83. The first kappa shape index (κ1) is 20.5. The Morgan fingerprint density at radius 1 is 1.05 bits per heavy atom. The van der Waals surface area contributed by atoms with Gasteiger partial charge in [-0.1, -0.05) is 76.3 Å². The minimum Gasteiger partial charge on any atom is -0.457 e. The lowest BCUT2D eigenvalue weighted by molar-refractivity contribution is -0.139. The maximum Gasteiger partial charge on any atom is 0.338 e. The van der Waals surface area contributed by atoms with Gasteiger partial charge in [0.1, 0.15) is 6.61 Å². The van der Waals surface area contributed by atoms with E-state index in [9.17, 15) is 4.79 Å². The molecule has 0 radical (unpaired) electrons. The molecule has 0 spiro atoms. The lowest BCUT2D eigenvalue weighted by Crippen LogP contribution is -2.06. The zero-order valence-corrected chi connectivity index (χ0v) is 13.6. The first-order chi connectivity index (χ1) is 9.77. The molecule has 0 aliphatic rings. The van der Waals surface area contributed by atoms with Crippen molar-refractivity contribution >= 4 is 5.97 Å². The fraction of sp³-hybridized carbons (Fsp3) is 0.389. The Bertz CT molecular complexity index is 389. The Kier molecular flexibility index (Phi) is 15.6. The van der Waals surface area contributed by atoms with Gasteiger partial charge < -0.3 is 4.74 Å². The van der Waals surface area contributed by atoms with Crippen molar-refractivity contribution in [2.75, 3.05) is 0 Å². The van der Waals surface area contributed by atoms with Crippen LogP contribution < -0.4 is 0 Å². The monoisotopic (exact) mass is 276 g/mol. The van der Waals surface area contributed by atoms with Gasteiger partial charge >= 0.3 is 5.97 Å². The van der Waals surface area contributed by atoms with Crippen molar-refractivity contribution in [3.8, 4) is 0 Å². The Labute approximate surface area is 124 Å². The van der Waals surface area contributed by atoms with Crippen molar-refractivity contribution in [1.29, 1.82) is 0 Å². The molecule has 0 saturated carbocycles. The number of carbonyl (C=O) groups excluding carboxylic acids is 1. The fourth-order valence-electron chi connectivity index (χ4n) is 1.27. The van der Waals surface area contributed by atoms with Crippen molar-refractivity contribution in [3.63, 3.8) is 0 Å². The molecule has 2 heteroatoms. The van der Waals surface area contributed by atoms with E-state index in [2.05, 4.69) is 0 Å². The normalized spacial score (nSPS) is 10.0. The lowest BCUT2D eigenvalue weighted by atomic mass is 10.2.